The number of hydrogen-bond acceptors (Lipinski definition) is 4. The SMILES string of the molecule is CN(C)CCNC(=O)OC(=O)c1ccccc1. The lowest BCUT2D eigenvalue weighted by Gasteiger charge is -2.09. The molecule has 17 heavy (non-hydrogen) atoms. The van der Waals surface area contributed by atoms with Crippen LogP contribution < -0.4 is 5.32 Å². The Morgan fingerprint density at radius 2 is 1.88 bits per heavy atom. The topological polar surface area (TPSA) is 58.6 Å². The number of nitrogens with zero attached hydrogens (tertiary/aromatic N) is 1. The van der Waals surface area contributed by atoms with Gasteiger partial charge in [-0.3, -0.25) is 0 Å². The number of amides is 1. The van der Waals surface area contributed by atoms with Crippen molar-refractivity contribution in [3.8, 4) is 0 Å². The minimum Gasteiger partial charge on any atom is -0.373 e. The summed E-state index contributed by atoms with van der Waals surface area (Å²) in [7, 11) is 3.78. The minimum absolute atomic E-state index is 0.357. The van der Waals surface area contributed by atoms with Gasteiger partial charge in [-0.15, -0.1) is 0 Å². The van der Waals surface area contributed by atoms with Crippen LogP contribution >= 0.6 is 0 Å². The molecule has 0 saturated heterocycles. The van der Waals surface area contributed by atoms with Gasteiger partial charge in [0.05, 0.1) is 5.56 Å². The Kier molecular flexibility index (Phi) is 5.16. The van der Waals surface area contributed by atoms with Crippen molar-refractivity contribution in [2.75, 3.05) is 27.2 Å². The molecule has 0 aliphatic carbocycles. The fourth-order valence-electron chi connectivity index (χ4n) is 1.14. The molecular formula is C12H16N2O3. The van der Waals surface area contributed by atoms with Crippen molar-refractivity contribution in [1.29, 1.82) is 0 Å². The number of nitrogens with one attached hydrogen (secondary N) is 1. The van der Waals surface area contributed by atoms with Crippen molar-refractivity contribution in [2.45, 2.75) is 0 Å². The molecule has 1 N–H and O–H groups in total. The highest BCUT2D eigenvalue weighted by atomic mass is 16.6. The summed E-state index contributed by atoms with van der Waals surface area (Å²) in [5.74, 6) is -0.645. The zero-order valence-corrected chi connectivity index (χ0v) is 9.97. The van der Waals surface area contributed by atoms with E-state index in [4.69, 9.17) is 0 Å². The van der Waals surface area contributed by atoms with E-state index in [1.54, 1.807) is 30.3 Å². The third kappa shape index (κ3) is 5.12. The molecule has 0 bridgehead atoms. The number of benzene rings is 1. The second kappa shape index (κ2) is 6.65. The summed E-state index contributed by atoms with van der Waals surface area (Å²) < 4.78 is 4.61. The Balaban J connectivity index is 2.34. The molecule has 5 nitrogen and oxygen atoms in total. The monoisotopic (exact) mass is 236 g/mol. The van der Waals surface area contributed by atoms with Crippen molar-refractivity contribution in [3.05, 3.63) is 35.9 Å². The first-order valence-electron chi connectivity index (χ1n) is 5.29. The van der Waals surface area contributed by atoms with Gasteiger partial charge < -0.3 is 15.0 Å². The van der Waals surface area contributed by atoms with Crippen LogP contribution in [-0.2, 0) is 4.74 Å². The smallest absolute Gasteiger partial charge is 0.373 e. The van der Waals surface area contributed by atoms with Crippen molar-refractivity contribution in [3.63, 3.8) is 0 Å². The van der Waals surface area contributed by atoms with E-state index in [9.17, 15) is 9.59 Å². The van der Waals surface area contributed by atoms with Gasteiger partial charge in [0.2, 0.25) is 0 Å². The van der Waals surface area contributed by atoms with E-state index in [1.165, 1.54) is 0 Å². The molecule has 0 aliphatic heterocycles. The summed E-state index contributed by atoms with van der Waals surface area (Å²) in [4.78, 5) is 24.6. The van der Waals surface area contributed by atoms with Gasteiger partial charge in [-0.1, -0.05) is 18.2 Å². The van der Waals surface area contributed by atoms with E-state index >= 15 is 0 Å². The van der Waals surface area contributed by atoms with Crippen LogP contribution in [-0.4, -0.2) is 44.1 Å². The molecule has 0 spiro atoms. The summed E-state index contributed by atoms with van der Waals surface area (Å²) in [6.07, 6.45) is -0.722. The van der Waals surface area contributed by atoms with Gasteiger partial charge in [0, 0.05) is 13.1 Å². The van der Waals surface area contributed by atoms with Gasteiger partial charge in [-0.2, -0.15) is 0 Å². The molecule has 0 atom stereocenters. The number of likely N-dealkylation sites (N-methyl/N-ethyl adjacent to an activating group) is 1. The quantitative estimate of drug-likeness (QED) is 0.628. The van der Waals surface area contributed by atoms with Crippen LogP contribution in [0.1, 0.15) is 10.4 Å². The molecule has 1 aromatic carbocycles. The Morgan fingerprint density at radius 3 is 2.47 bits per heavy atom. The van der Waals surface area contributed by atoms with Crippen molar-refractivity contribution >= 4 is 12.1 Å². The molecule has 0 fully saturated rings. The Bertz CT molecular complexity index is 377. The Hall–Kier alpha value is -1.88. The van der Waals surface area contributed by atoms with E-state index in [0.717, 1.165) is 0 Å². The number of rotatable bonds is 4. The Labute approximate surface area is 100 Å². The summed E-state index contributed by atoms with van der Waals surface area (Å²) >= 11 is 0. The third-order valence-corrected chi connectivity index (χ3v) is 2.02. The van der Waals surface area contributed by atoms with Crippen molar-refractivity contribution < 1.29 is 14.3 Å². The lowest BCUT2D eigenvalue weighted by molar-refractivity contribution is 0.0622. The van der Waals surface area contributed by atoms with E-state index in [0.29, 0.717) is 18.7 Å². The van der Waals surface area contributed by atoms with Crippen molar-refractivity contribution in [2.24, 2.45) is 0 Å². The van der Waals surface area contributed by atoms with E-state index in [1.807, 2.05) is 19.0 Å². The minimum atomic E-state index is -0.722. The fraction of sp³-hybridized carbons (Fsp3) is 0.333. The maximum Gasteiger partial charge on any atom is 0.415 e. The third-order valence-electron chi connectivity index (χ3n) is 2.02. The molecular weight excluding hydrogens is 220 g/mol. The second-order valence-corrected chi connectivity index (χ2v) is 3.77. The highest BCUT2D eigenvalue weighted by Gasteiger charge is 2.11. The fourth-order valence-corrected chi connectivity index (χ4v) is 1.14. The highest BCUT2D eigenvalue weighted by Crippen LogP contribution is 2.00. The van der Waals surface area contributed by atoms with Gasteiger partial charge in [0.15, 0.2) is 0 Å². The molecule has 0 unspecified atom stereocenters. The molecule has 0 heterocycles. The van der Waals surface area contributed by atoms with Crippen LogP contribution in [0.3, 0.4) is 0 Å². The average Bonchev–Trinajstić information content (AvgIpc) is 2.29. The van der Waals surface area contributed by atoms with Gasteiger partial charge in [0.25, 0.3) is 0 Å². The number of alkyl carbamates (subject to hydrolysis) is 1. The van der Waals surface area contributed by atoms with E-state index < -0.39 is 12.1 Å². The standard InChI is InChI=1S/C12H16N2O3/c1-14(2)9-8-13-12(16)17-11(15)10-6-4-3-5-7-10/h3-7H,8-9H2,1-2H3,(H,13,16). The van der Waals surface area contributed by atoms with Crippen LogP contribution in [0.15, 0.2) is 30.3 Å². The van der Waals surface area contributed by atoms with Crippen LogP contribution in [0, 0.1) is 0 Å². The molecule has 5 heteroatoms. The van der Waals surface area contributed by atoms with Crippen LogP contribution in [0.2, 0.25) is 0 Å². The van der Waals surface area contributed by atoms with E-state index in [2.05, 4.69) is 10.1 Å². The first kappa shape index (κ1) is 13.2. The number of carbonyl (C=O) groups is 2. The first-order valence-corrected chi connectivity index (χ1v) is 5.29. The Morgan fingerprint density at radius 1 is 1.24 bits per heavy atom. The van der Waals surface area contributed by atoms with Gasteiger partial charge in [-0.05, 0) is 26.2 Å². The van der Waals surface area contributed by atoms with Crippen molar-refractivity contribution in [1.82, 2.24) is 10.2 Å². The lowest BCUT2D eigenvalue weighted by Crippen LogP contribution is -2.33. The number of carbonyl (C=O) groups excluding carboxylic acids is 2. The molecule has 0 aromatic heterocycles. The van der Waals surface area contributed by atoms with Crippen LogP contribution in [0.5, 0.6) is 0 Å². The van der Waals surface area contributed by atoms with Crippen LogP contribution in [0.25, 0.3) is 0 Å². The molecule has 0 radical (unpaired) electrons. The zero-order chi connectivity index (χ0) is 12.7. The predicted octanol–water partition coefficient (Wildman–Crippen LogP) is 1.11. The predicted molar refractivity (Wildman–Crippen MR) is 63.8 cm³/mol. The number of hydrogen-bond donors (Lipinski definition) is 1. The van der Waals surface area contributed by atoms with Crippen LogP contribution in [0.4, 0.5) is 4.79 Å². The first-order chi connectivity index (χ1) is 8.09. The maximum absolute atomic E-state index is 11.5. The van der Waals surface area contributed by atoms with Gasteiger partial charge in [0.1, 0.15) is 0 Å². The number of esters is 1. The average molecular weight is 236 g/mol. The molecule has 0 saturated carbocycles. The van der Waals surface area contributed by atoms with E-state index in [-0.39, 0.29) is 0 Å². The summed E-state index contributed by atoms with van der Waals surface area (Å²) in [5.41, 5.74) is 0.357. The normalized spacial score (nSPS) is 10.1. The summed E-state index contributed by atoms with van der Waals surface area (Å²) in [6.45, 7) is 1.13. The molecule has 92 valence electrons. The molecule has 0 aliphatic rings. The largest absolute Gasteiger partial charge is 0.415 e. The molecule has 1 aromatic rings. The second-order valence-electron chi connectivity index (χ2n) is 3.77. The molecule has 1 rings (SSSR count). The highest BCUT2D eigenvalue weighted by molar-refractivity contribution is 5.96. The zero-order valence-electron chi connectivity index (χ0n) is 9.97. The van der Waals surface area contributed by atoms with Gasteiger partial charge >= 0.3 is 12.1 Å². The lowest BCUT2D eigenvalue weighted by atomic mass is 10.2. The van der Waals surface area contributed by atoms with Gasteiger partial charge in [-0.25, -0.2) is 9.59 Å². The molecule has 1 amide bonds. The number of ether oxygens (including phenoxy) is 1. The maximum atomic E-state index is 11.5. The summed E-state index contributed by atoms with van der Waals surface area (Å²) in [5, 5.41) is 2.49. The summed E-state index contributed by atoms with van der Waals surface area (Å²) in [6, 6.07) is 8.39.